The predicted octanol–water partition coefficient (Wildman–Crippen LogP) is 4.21. The third kappa shape index (κ3) is 6.63. The molecule has 1 aliphatic rings. The van der Waals surface area contributed by atoms with Crippen molar-refractivity contribution in [2.24, 2.45) is 0 Å². The lowest BCUT2D eigenvalue weighted by Crippen LogP contribution is -2.48. The number of hydrogen-bond acceptors (Lipinski definition) is 6. The second kappa shape index (κ2) is 10.8. The minimum absolute atomic E-state index is 0.0261. The first-order valence-electron chi connectivity index (χ1n) is 11.0. The van der Waals surface area contributed by atoms with E-state index in [-0.39, 0.29) is 42.3 Å². The Morgan fingerprint density at radius 1 is 0.972 bits per heavy atom. The summed E-state index contributed by atoms with van der Waals surface area (Å²) >= 11 is 0. The van der Waals surface area contributed by atoms with Gasteiger partial charge in [-0.15, -0.1) is 13.2 Å². The average molecular weight is 506 g/mol. The molecule has 0 bridgehead atoms. The van der Waals surface area contributed by atoms with Crippen LogP contribution in [-0.2, 0) is 13.2 Å². The lowest BCUT2D eigenvalue weighted by Gasteiger charge is -2.34. The molecule has 1 fully saturated rings. The highest BCUT2D eigenvalue weighted by Gasteiger charge is 2.34. The van der Waals surface area contributed by atoms with Crippen LogP contribution in [0.2, 0.25) is 0 Å². The molecule has 11 heteroatoms. The number of para-hydroxylation sites is 1. The zero-order valence-electron chi connectivity index (χ0n) is 19.0. The van der Waals surface area contributed by atoms with Crippen molar-refractivity contribution in [3.63, 3.8) is 0 Å². The van der Waals surface area contributed by atoms with Crippen molar-refractivity contribution in [1.82, 2.24) is 9.80 Å². The number of benzene rings is 2. The van der Waals surface area contributed by atoms with Gasteiger partial charge in [-0.05, 0) is 29.8 Å². The molecule has 0 radical (unpaired) electrons. The molecule has 0 saturated carbocycles. The molecule has 2 heterocycles. The molecular weight excluding hydrogens is 484 g/mol. The van der Waals surface area contributed by atoms with E-state index in [9.17, 15) is 27.2 Å². The number of nitrogens with zero attached hydrogens (tertiary/aromatic N) is 2. The SMILES string of the molecule is O=C(c1ccccc1OC(F)(F)F)N1CCN(Cc2cc(=O)c(OCc3ccc(F)cc3)co2)CC1. The van der Waals surface area contributed by atoms with Gasteiger partial charge < -0.3 is 18.8 Å². The summed E-state index contributed by atoms with van der Waals surface area (Å²) in [7, 11) is 0. The normalized spacial score (nSPS) is 14.5. The first-order chi connectivity index (χ1) is 17.2. The smallest absolute Gasteiger partial charge is 0.482 e. The summed E-state index contributed by atoms with van der Waals surface area (Å²) in [6.45, 7) is 1.81. The van der Waals surface area contributed by atoms with Gasteiger partial charge in [-0.3, -0.25) is 14.5 Å². The second-order valence-corrected chi connectivity index (χ2v) is 8.10. The number of hydrogen-bond donors (Lipinski definition) is 0. The van der Waals surface area contributed by atoms with Crippen LogP contribution in [0.5, 0.6) is 11.5 Å². The number of piperazine rings is 1. The highest BCUT2D eigenvalue weighted by Crippen LogP contribution is 2.27. The van der Waals surface area contributed by atoms with Crippen LogP contribution in [0, 0.1) is 5.82 Å². The average Bonchev–Trinajstić information content (AvgIpc) is 2.84. The van der Waals surface area contributed by atoms with Crippen LogP contribution in [0.1, 0.15) is 21.7 Å². The number of alkyl halides is 3. The molecule has 0 N–H and O–H groups in total. The minimum atomic E-state index is -4.90. The summed E-state index contributed by atoms with van der Waals surface area (Å²) < 4.78 is 66.0. The van der Waals surface area contributed by atoms with Gasteiger partial charge in [-0.1, -0.05) is 24.3 Å². The summed E-state index contributed by atoms with van der Waals surface area (Å²) in [6.07, 6.45) is -3.68. The summed E-state index contributed by atoms with van der Waals surface area (Å²) in [5.41, 5.74) is 0.166. The van der Waals surface area contributed by atoms with Crippen molar-refractivity contribution in [2.75, 3.05) is 26.2 Å². The number of amides is 1. The van der Waals surface area contributed by atoms with Crippen molar-refractivity contribution in [3.05, 3.63) is 93.8 Å². The number of carbonyl (C=O) groups excluding carboxylic acids is 1. The van der Waals surface area contributed by atoms with Crippen LogP contribution in [0.25, 0.3) is 0 Å². The second-order valence-electron chi connectivity index (χ2n) is 8.10. The molecule has 4 rings (SSSR count). The fourth-order valence-corrected chi connectivity index (χ4v) is 3.73. The monoisotopic (exact) mass is 506 g/mol. The summed E-state index contributed by atoms with van der Waals surface area (Å²) in [4.78, 5) is 28.6. The number of ether oxygens (including phenoxy) is 2. The van der Waals surface area contributed by atoms with Crippen LogP contribution >= 0.6 is 0 Å². The van der Waals surface area contributed by atoms with Crippen molar-refractivity contribution < 1.29 is 36.2 Å². The summed E-state index contributed by atoms with van der Waals surface area (Å²) in [6, 6.07) is 12.3. The van der Waals surface area contributed by atoms with E-state index in [1.54, 1.807) is 12.1 Å². The Balaban J connectivity index is 1.31. The molecule has 0 unspecified atom stereocenters. The zero-order valence-corrected chi connectivity index (χ0v) is 19.0. The maximum atomic E-state index is 13.0. The van der Waals surface area contributed by atoms with Crippen LogP contribution in [-0.4, -0.2) is 48.2 Å². The Labute approximate surface area is 203 Å². The van der Waals surface area contributed by atoms with Crippen molar-refractivity contribution in [1.29, 1.82) is 0 Å². The maximum absolute atomic E-state index is 13.0. The molecule has 7 nitrogen and oxygen atoms in total. The fourth-order valence-electron chi connectivity index (χ4n) is 3.73. The topological polar surface area (TPSA) is 72.2 Å². The zero-order chi connectivity index (χ0) is 25.7. The molecular formula is C25H22F4N2O5. The Hall–Kier alpha value is -3.86. The van der Waals surface area contributed by atoms with E-state index in [1.165, 1.54) is 47.6 Å². The number of halogens is 4. The van der Waals surface area contributed by atoms with Gasteiger partial charge in [0.2, 0.25) is 11.2 Å². The van der Waals surface area contributed by atoms with Gasteiger partial charge >= 0.3 is 6.36 Å². The van der Waals surface area contributed by atoms with Gasteiger partial charge in [0.25, 0.3) is 5.91 Å². The third-order valence-electron chi connectivity index (χ3n) is 5.54. The van der Waals surface area contributed by atoms with Gasteiger partial charge in [-0.2, -0.15) is 0 Å². The molecule has 3 aromatic rings. The van der Waals surface area contributed by atoms with Crippen LogP contribution in [0.3, 0.4) is 0 Å². The standard InChI is InChI=1S/C25H22F4N2O5/c26-18-7-5-17(6-8-18)15-35-23-16-34-19(13-21(23)32)14-30-9-11-31(12-10-30)24(33)20-3-1-2-4-22(20)36-25(27,28)29/h1-8,13,16H,9-12,14-15H2. The van der Waals surface area contributed by atoms with Crippen LogP contribution in [0.15, 0.2) is 70.1 Å². The minimum Gasteiger partial charge on any atom is -0.482 e. The van der Waals surface area contributed by atoms with E-state index in [1.807, 2.05) is 4.90 Å². The molecule has 1 aliphatic heterocycles. The van der Waals surface area contributed by atoms with Crippen LogP contribution < -0.4 is 14.9 Å². The first-order valence-corrected chi connectivity index (χ1v) is 11.0. The first kappa shape index (κ1) is 25.2. The maximum Gasteiger partial charge on any atom is 0.573 e. The van der Waals surface area contributed by atoms with E-state index in [4.69, 9.17) is 9.15 Å². The molecule has 0 aliphatic carbocycles. The van der Waals surface area contributed by atoms with Gasteiger partial charge in [0.1, 0.15) is 30.2 Å². The largest absolute Gasteiger partial charge is 0.573 e. The Bertz CT molecular complexity index is 1250. The van der Waals surface area contributed by atoms with Crippen molar-refractivity contribution in [3.8, 4) is 11.5 Å². The third-order valence-corrected chi connectivity index (χ3v) is 5.54. The fraction of sp³-hybridized carbons (Fsp3) is 0.280. The Morgan fingerprint density at radius 2 is 1.67 bits per heavy atom. The predicted molar refractivity (Wildman–Crippen MR) is 120 cm³/mol. The summed E-state index contributed by atoms with van der Waals surface area (Å²) in [5, 5.41) is 0. The molecule has 0 spiro atoms. The number of rotatable bonds is 7. The molecule has 190 valence electrons. The molecule has 2 aromatic carbocycles. The molecule has 1 amide bonds. The highest BCUT2D eigenvalue weighted by molar-refractivity contribution is 5.97. The van der Waals surface area contributed by atoms with Gasteiger partial charge in [0, 0.05) is 32.2 Å². The van der Waals surface area contributed by atoms with E-state index < -0.39 is 18.0 Å². The van der Waals surface area contributed by atoms with Gasteiger partial charge in [-0.25, -0.2) is 4.39 Å². The lowest BCUT2D eigenvalue weighted by molar-refractivity contribution is -0.274. The van der Waals surface area contributed by atoms with Crippen molar-refractivity contribution >= 4 is 5.91 Å². The highest BCUT2D eigenvalue weighted by atomic mass is 19.4. The van der Waals surface area contributed by atoms with E-state index in [2.05, 4.69) is 4.74 Å². The van der Waals surface area contributed by atoms with E-state index in [0.717, 1.165) is 6.07 Å². The molecule has 36 heavy (non-hydrogen) atoms. The van der Waals surface area contributed by atoms with Gasteiger partial charge in [0.15, 0.2) is 0 Å². The summed E-state index contributed by atoms with van der Waals surface area (Å²) in [5.74, 6) is -1.03. The van der Waals surface area contributed by atoms with E-state index in [0.29, 0.717) is 31.0 Å². The lowest BCUT2D eigenvalue weighted by atomic mass is 10.1. The number of carbonyl (C=O) groups is 1. The van der Waals surface area contributed by atoms with Crippen LogP contribution in [0.4, 0.5) is 17.6 Å². The Kier molecular flexibility index (Phi) is 7.58. The molecule has 1 saturated heterocycles. The van der Waals surface area contributed by atoms with E-state index >= 15 is 0 Å². The quantitative estimate of drug-likeness (QED) is 0.447. The Morgan fingerprint density at radius 3 is 2.33 bits per heavy atom. The van der Waals surface area contributed by atoms with Crippen molar-refractivity contribution in [2.45, 2.75) is 19.5 Å². The molecule has 0 atom stereocenters. The molecule has 1 aromatic heterocycles. The van der Waals surface area contributed by atoms with Gasteiger partial charge in [0.05, 0.1) is 12.1 Å².